The number of nitrogens with one attached hydrogen (secondary N) is 2. The minimum atomic E-state index is -1.22. The molecular weight excluding hydrogens is 485 g/mol. The molecule has 1 aliphatic rings. The van der Waals surface area contributed by atoms with Crippen LogP contribution in [0.15, 0.2) is 42.5 Å². The molecule has 37 heavy (non-hydrogen) atoms. The summed E-state index contributed by atoms with van der Waals surface area (Å²) in [5.41, 5.74) is -0.589. The van der Waals surface area contributed by atoms with E-state index in [0.717, 1.165) is 5.56 Å². The van der Waals surface area contributed by atoms with Gasteiger partial charge in [0.25, 0.3) is 5.91 Å². The number of hydrogen-bond acceptors (Lipinski definition) is 5. The highest BCUT2D eigenvalue weighted by molar-refractivity contribution is 5.84. The number of carbonyl (C=O) groups excluding carboxylic acids is 2. The standard InChI is InChI=1S/C27H31F3N4O3/c1-18(2)12-24(37-26(36)32-15-19-6-4-3-5-7-19)25(35)33-27(17-31)8-10-34(11-9-27)16-21-22(29)13-20(28)14-23(21)30/h3-7,13-14,18,24H,8-12,15-16H2,1-2H3,(H,32,36)(H,33,35). The van der Waals surface area contributed by atoms with Gasteiger partial charge >= 0.3 is 6.09 Å². The molecule has 1 aliphatic heterocycles. The van der Waals surface area contributed by atoms with Crippen molar-refractivity contribution in [1.29, 1.82) is 5.26 Å². The Kier molecular flexibility index (Phi) is 9.53. The van der Waals surface area contributed by atoms with Crippen molar-refractivity contribution in [2.75, 3.05) is 13.1 Å². The molecule has 1 unspecified atom stereocenters. The first kappa shape index (κ1) is 28.0. The lowest BCUT2D eigenvalue weighted by molar-refractivity contribution is -0.132. The number of amides is 2. The summed E-state index contributed by atoms with van der Waals surface area (Å²) in [6.07, 6.45) is -1.17. The Balaban J connectivity index is 1.59. The topological polar surface area (TPSA) is 94.5 Å². The highest BCUT2D eigenvalue weighted by atomic mass is 19.1. The minimum absolute atomic E-state index is 0.0399. The molecule has 2 amide bonds. The molecule has 2 aromatic carbocycles. The maximum Gasteiger partial charge on any atom is 0.408 e. The highest BCUT2D eigenvalue weighted by Crippen LogP contribution is 2.25. The number of likely N-dealkylation sites (tertiary alicyclic amines) is 1. The van der Waals surface area contributed by atoms with Crippen molar-refractivity contribution in [3.8, 4) is 6.07 Å². The Morgan fingerprint density at radius 3 is 2.30 bits per heavy atom. The number of rotatable bonds is 9. The molecule has 7 nitrogen and oxygen atoms in total. The van der Waals surface area contributed by atoms with Crippen LogP contribution in [0.3, 0.4) is 0 Å². The molecule has 2 aromatic rings. The number of nitrogens with zero attached hydrogens (tertiary/aromatic N) is 2. The van der Waals surface area contributed by atoms with Crippen molar-refractivity contribution in [2.24, 2.45) is 5.92 Å². The number of nitriles is 1. The molecule has 1 heterocycles. The molecule has 2 N–H and O–H groups in total. The van der Waals surface area contributed by atoms with Crippen LogP contribution in [-0.2, 0) is 22.6 Å². The molecule has 0 aliphatic carbocycles. The smallest absolute Gasteiger partial charge is 0.408 e. The van der Waals surface area contributed by atoms with E-state index in [1.807, 2.05) is 44.2 Å². The predicted molar refractivity (Wildman–Crippen MR) is 130 cm³/mol. The van der Waals surface area contributed by atoms with Crippen molar-refractivity contribution in [2.45, 2.75) is 57.8 Å². The Labute approximate surface area is 214 Å². The second-order valence-corrected chi connectivity index (χ2v) is 9.67. The lowest BCUT2D eigenvalue weighted by Gasteiger charge is -2.38. The fraction of sp³-hybridized carbons (Fsp3) is 0.444. The third-order valence-electron chi connectivity index (χ3n) is 6.28. The molecule has 0 aromatic heterocycles. The zero-order valence-electron chi connectivity index (χ0n) is 20.9. The van der Waals surface area contributed by atoms with E-state index in [4.69, 9.17) is 4.74 Å². The Morgan fingerprint density at radius 2 is 1.73 bits per heavy atom. The third kappa shape index (κ3) is 7.95. The van der Waals surface area contributed by atoms with Gasteiger partial charge in [-0.05, 0) is 30.7 Å². The van der Waals surface area contributed by atoms with Gasteiger partial charge in [-0.3, -0.25) is 9.69 Å². The first-order valence-electron chi connectivity index (χ1n) is 12.2. The quantitative estimate of drug-likeness (QED) is 0.515. The molecule has 1 saturated heterocycles. The Bertz CT molecular complexity index is 1110. The van der Waals surface area contributed by atoms with Crippen LogP contribution in [0.1, 0.15) is 44.2 Å². The zero-order valence-corrected chi connectivity index (χ0v) is 20.9. The van der Waals surface area contributed by atoms with E-state index in [2.05, 4.69) is 16.7 Å². The number of piperidine rings is 1. The van der Waals surface area contributed by atoms with Gasteiger partial charge in [-0.25, -0.2) is 18.0 Å². The first-order valence-corrected chi connectivity index (χ1v) is 12.2. The molecule has 0 spiro atoms. The van der Waals surface area contributed by atoms with Crippen LogP contribution in [0.4, 0.5) is 18.0 Å². The summed E-state index contributed by atoms with van der Waals surface area (Å²) in [6.45, 7) is 4.47. The summed E-state index contributed by atoms with van der Waals surface area (Å²) < 4.78 is 46.7. The van der Waals surface area contributed by atoms with Crippen molar-refractivity contribution in [3.63, 3.8) is 0 Å². The van der Waals surface area contributed by atoms with Crippen molar-refractivity contribution in [3.05, 3.63) is 71.0 Å². The van der Waals surface area contributed by atoms with Crippen LogP contribution in [0.25, 0.3) is 0 Å². The molecule has 0 saturated carbocycles. The van der Waals surface area contributed by atoms with Crippen LogP contribution >= 0.6 is 0 Å². The van der Waals surface area contributed by atoms with Gasteiger partial charge < -0.3 is 15.4 Å². The molecule has 0 bridgehead atoms. The highest BCUT2D eigenvalue weighted by Gasteiger charge is 2.39. The molecule has 1 atom stereocenters. The maximum absolute atomic E-state index is 14.0. The van der Waals surface area contributed by atoms with Gasteiger partial charge in [0.2, 0.25) is 0 Å². The monoisotopic (exact) mass is 516 g/mol. The Hall–Kier alpha value is -3.58. The second-order valence-electron chi connectivity index (χ2n) is 9.67. The average molecular weight is 517 g/mol. The largest absolute Gasteiger partial charge is 0.436 e. The van der Waals surface area contributed by atoms with Gasteiger partial charge in [-0.1, -0.05) is 44.2 Å². The van der Waals surface area contributed by atoms with E-state index in [1.54, 1.807) is 4.90 Å². The van der Waals surface area contributed by atoms with Crippen molar-refractivity contribution < 1.29 is 27.5 Å². The third-order valence-corrected chi connectivity index (χ3v) is 6.28. The summed E-state index contributed by atoms with van der Waals surface area (Å²) in [5.74, 6) is -3.47. The molecule has 0 radical (unpaired) electrons. The van der Waals surface area contributed by atoms with Gasteiger partial charge in [0.1, 0.15) is 23.0 Å². The summed E-state index contributed by atoms with van der Waals surface area (Å²) in [6, 6.07) is 12.7. The van der Waals surface area contributed by atoms with E-state index >= 15 is 0 Å². The molecule has 10 heteroatoms. The van der Waals surface area contributed by atoms with E-state index < -0.39 is 41.1 Å². The fourth-order valence-corrected chi connectivity index (χ4v) is 4.20. The van der Waals surface area contributed by atoms with Gasteiger partial charge in [0.05, 0.1) is 6.07 Å². The lowest BCUT2D eigenvalue weighted by atomic mass is 9.88. The number of ether oxygens (including phenoxy) is 1. The van der Waals surface area contributed by atoms with Crippen LogP contribution in [0.5, 0.6) is 0 Å². The van der Waals surface area contributed by atoms with Crippen molar-refractivity contribution in [1.82, 2.24) is 15.5 Å². The predicted octanol–water partition coefficient (Wildman–Crippen LogP) is 4.42. The fourth-order valence-electron chi connectivity index (χ4n) is 4.20. The molecule has 1 fully saturated rings. The lowest BCUT2D eigenvalue weighted by Crippen LogP contribution is -2.57. The normalized spacial score (nSPS) is 16.0. The van der Waals surface area contributed by atoms with Crippen LogP contribution in [0, 0.1) is 34.7 Å². The zero-order chi connectivity index (χ0) is 27.0. The van der Waals surface area contributed by atoms with Gasteiger partial charge in [0.15, 0.2) is 6.10 Å². The number of hydrogen-bond donors (Lipinski definition) is 2. The number of benzene rings is 2. The molecule has 198 valence electrons. The minimum Gasteiger partial charge on any atom is -0.436 e. The summed E-state index contributed by atoms with van der Waals surface area (Å²) in [7, 11) is 0. The second kappa shape index (κ2) is 12.6. The van der Waals surface area contributed by atoms with E-state index in [0.29, 0.717) is 12.1 Å². The van der Waals surface area contributed by atoms with Gasteiger partial charge in [0, 0.05) is 43.9 Å². The van der Waals surface area contributed by atoms with Crippen molar-refractivity contribution >= 4 is 12.0 Å². The van der Waals surface area contributed by atoms with E-state index in [9.17, 15) is 28.0 Å². The first-order chi connectivity index (χ1) is 17.6. The SMILES string of the molecule is CC(C)CC(OC(=O)NCc1ccccc1)C(=O)NC1(C#N)CCN(Cc2c(F)cc(F)cc2F)CC1. The molecule has 3 rings (SSSR count). The van der Waals surface area contributed by atoms with Crippen LogP contribution in [0.2, 0.25) is 0 Å². The summed E-state index contributed by atoms with van der Waals surface area (Å²) in [4.78, 5) is 27.2. The maximum atomic E-state index is 14.0. The van der Waals surface area contributed by atoms with E-state index in [1.165, 1.54) is 0 Å². The average Bonchev–Trinajstić information content (AvgIpc) is 2.86. The number of halogens is 3. The number of carbonyl (C=O) groups is 2. The van der Waals surface area contributed by atoms with E-state index in [-0.39, 0.29) is 56.9 Å². The molecular formula is C27H31F3N4O3. The van der Waals surface area contributed by atoms with Gasteiger partial charge in [-0.2, -0.15) is 5.26 Å². The van der Waals surface area contributed by atoms with Gasteiger partial charge in [-0.15, -0.1) is 0 Å². The number of alkyl carbamates (subject to hydrolysis) is 1. The summed E-state index contributed by atoms with van der Waals surface area (Å²) in [5, 5.41) is 15.3. The van der Waals surface area contributed by atoms with Crippen LogP contribution < -0.4 is 10.6 Å². The van der Waals surface area contributed by atoms with Crippen LogP contribution in [-0.4, -0.2) is 41.6 Å². The Morgan fingerprint density at radius 1 is 1.11 bits per heavy atom. The summed E-state index contributed by atoms with van der Waals surface area (Å²) >= 11 is 0.